The lowest BCUT2D eigenvalue weighted by atomic mass is 10.1. The monoisotopic (exact) mass is 253 g/mol. The molecule has 1 rings (SSSR count). The van der Waals surface area contributed by atoms with Gasteiger partial charge in [-0.15, -0.1) is 0 Å². The van der Waals surface area contributed by atoms with Crippen molar-refractivity contribution in [1.29, 1.82) is 0 Å². The van der Waals surface area contributed by atoms with E-state index in [4.69, 9.17) is 5.73 Å². The van der Waals surface area contributed by atoms with E-state index in [0.29, 0.717) is 12.1 Å². The van der Waals surface area contributed by atoms with Crippen molar-refractivity contribution in [3.05, 3.63) is 29.1 Å². The highest BCUT2D eigenvalue weighted by Crippen LogP contribution is 2.17. The third-order valence-corrected chi connectivity index (χ3v) is 2.43. The molecular formula is C12H16FN3O2. The molecule has 0 aliphatic heterocycles. The Morgan fingerprint density at radius 1 is 1.33 bits per heavy atom. The molecule has 0 spiro atoms. The van der Waals surface area contributed by atoms with Crippen molar-refractivity contribution in [2.45, 2.75) is 13.8 Å². The van der Waals surface area contributed by atoms with Gasteiger partial charge in [-0.05, 0) is 26.0 Å². The summed E-state index contributed by atoms with van der Waals surface area (Å²) in [6, 6.07) is 2.48. The van der Waals surface area contributed by atoms with Crippen molar-refractivity contribution >= 4 is 17.5 Å². The van der Waals surface area contributed by atoms with Crippen LogP contribution >= 0.6 is 0 Å². The van der Waals surface area contributed by atoms with Gasteiger partial charge in [-0.3, -0.25) is 9.59 Å². The Balaban J connectivity index is 2.70. The first-order valence-corrected chi connectivity index (χ1v) is 5.56. The fourth-order valence-electron chi connectivity index (χ4n) is 1.35. The summed E-state index contributed by atoms with van der Waals surface area (Å²) in [4.78, 5) is 22.8. The Kier molecular flexibility index (Phi) is 4.65. The number of amides is 2. The van der Waals surface area contributed by atoms with Crippen molar-refractivity contribution in [2.24, 2.45) is 0 Å². The molecule has 0 saturated heterocycles. The number of carbonyl (C=O) groups excluding carboxylic acids is 2. The summed E-state index contributed by atoms with van der Waals surface area (Å²) in [5, 5.41) is 4.92. The molecule has 0 fully saturated rings. The van der Waals surface area contributed by atoms with Gasteiger partial charge in [0.15, 0.2) is 0 Å². The van der Waals surface area contributed by atoms with E-state index in [2.05, 4.69) is 10.6 Å². The normalized spacial score (nSPS) is 9.94. The van der Waals surface area contributed by atoms with Gasteiger partial charge in [0.25, 0.3) is 5.91 Å². The van der Waals surface area contributed by atoms with Crippen LogP contribution in [0, 0.1) is 12.7 Å². The molecule has 4 N–H and O–H groups in total. The van der Waals surface area contributed by atoms with Crippen LogP contribution in [0.25, 0.3) is 0 Å². The topological polar surface area (TPSA) is 84.2 Å². The van der Waals surface area contributed by atoms with Crippen LogP contribution in [0.1, 0.15) is 22.8 Å². The summed E-state index contributed by atoms with van der Waals surface area (Å²) in [6.07, 6.45) is 0. The maximum atomic E-state index is 13.4. The zero-order valence-electron chi connectivity index (χ0n) is 10.3. The molecule has 0 bridgehead atoms. The Labute approximate surface area is 105 Å². The molecule has 0 atom stereocenters. The lowest BCUT2D eigenvalue weighted by Gasteiger charge is -2.08. The Hall–Kier alpha value is -2.11. The molecule has 6 heteroatoms. The second kappa shape index (κ2) is 6.00. The molecular weight excluding hydrogens is 237 g/mol. The molecule has 2 amide bonds. The number of likely N-dealkylation sites (N-methyl/N-ethyl adjacent to an activating group) is 1. The van der Waals surface area contributed by atoms with Gasteiger partial charge >= 0.3 is 0 Å². The number of hydrogen-bond donors (Lipinski definition) is 3. The highest BCUT2D eigenvalue weighted by molar-refractivity contribution is 5.97. The summed E-state index contributed by atoms with van der Waals surface area (Å²) in [5.74, 6) is -1.38. The van der Waals surface area contributed by atoms with E-state index in [1.54, 1.807) is 6.92 Å². The molecule has 0 heterocycles. The highest BCUT2D eigenvalue weighted by Gasteiger charge is 2.11. The summed E-state index contributed by atoms with van der Waals surface area (Å²) in [7, 11) is 0. The first-order valence-electron chi connectivity index (χ1n) is 5.56. The number of rotatable bonds is 4. The van der Waals surface area contributed by atoms with E-state index in [9.17, 15) is 14.0 Å². The van der Waals surface area contributed by atoms with Gasteiger partial charge < -0.3 is 16.4 Å². The number of nitrogens with one attached hydrogen (secondary N) is 2. The molecule has 1 aromatic carbocycles. The number of anilines is 1. The van der Waals surface area contributed by atoms with E-state index in [1.165, 1.54) is 13.0 Å². The first-order chi connectivity index (χ1) is 8.45. The van der Waals surface area contributed by atoms with Crippen LogP contribution in [0.15, 0.2) is 12.1 Å². The van der Waals surface area contributed by atoms with Crippen LogP contribution in [-0.2, 0) is 4.79 Å². The summed E-state index contributed by atoms with van der Waals surface area (Å²) >= 11 is 0. The molecule has 5 nitrogen and oxygen atoms in total. The Morgan fingerprint density at radius 3 is 2.56 bits per heavy atom. The van der Waals surface area contributed by atoms with E-state index in [-0.39, 0.29) is 23.7 Å². The van der Waals surface area contributed by atoms with Gasteiger partial charge in [0.1, 0.15) is 5.82 Å². The van der Waals surface area contributed by atoms with Crippen LogP contribution in [0.2, 0.25) is 0 Å². The molecule has 0 aliphatic carbocycles. The molecule has 0 aromatic heterocycles. The molecule has 18 heavy (non-hydrogen) atoms. The zero-order chi connectivity index (χ0) is 13.7. The average Bonchev–Trinajstić information content (AvgIpc) is 2.32. The quantitative estimate of drug-likeness (QED) is 0.686. The fraction of sp³-hybridized carbons (Fsp3) is 0.333. The molecule has 1 aromatic rings. The van der Waals surface area contributed by atoms with Gasteiger partial charge in [0.05, 0.1) is 6.54 Å². The number of halogens is 1. The number of benzene rings is 1. The summed E-state index contributed by atoms with van der Waals surface area (Å²) in [6.45, 7) is 3.64. The van der Waals surface area contributed by atoms with Crippen LogP contribution in [0.4, 0.5) is 10.1 Å². The van der Waals surface area contributed by atoms with Gasteiger partial charge in [0, 0.05) is 23.4 Å². The Bertz CT molecular complexity index is 451. The van der Waals surface area contributed by atoms with Crippen molar-refractivity contribution in [3.63, 3.8) is 0 Å². The van der Waals surface area contributed by atoms with E-state index >= 15 is 0 Å². The maximum absolute atomic E-state index is 13.4. The van der Waals surface area contributed by atoms with Gasteiger partial charge in [0.2, 0.25) is 5.91 Å². The van der Waals surface area contributed by atoms with Crippen molar-refractivity contribution in [1.82, 2.24) is 10.6 Å². The average molecular weight is 253 g/mol. The standard InChI is InChI=1S/C12H16FN3O2/c1-3-15-11(17)6-16-12(18)8-4-9(13)7(2)10(14)5-8/h4-5H,3,6,14H2,1-2H3,(H,15,17)(H,16,18). The zero-order valence-corrected chi connectivity index (χ0v) is 10.3. The van der Waals surface area contributed by atoms with Crippen LogP contribution < -0.4 is 16.4 Å². The first kappa shape index (κ1) is 14.0. The highest BCUT2D eigenvalue weighted by atomic mass is 19.1. The molecule has 0 radical (unpaired) electrons. The second-order valence-electron chi connectivity index (χ2n) is 3.81. The van der Waals surface area contributed by atoms with Gasteiger partial charge in [-0.2, -0.15) is 0 Å². The SMILES string of the molecule is CCNC(=O)CNC(=O)c1cc(N)c(C)c(F)c1. The molecule has 0 aliphatic rings. The molecule has 0 saturated carbocycles. The van der Waals surface area contributed by atoms with Crippen molar-refractivity contribution < 1.29 is 14.0 Å². The molecule has 0 unspecified atom stereocenters. The second-order valence-corrected chi connectivity index (χ2v) is 3.81. The smallest absolute Gasteiger partial charge is 0.251 e. The van der Waals surface area contributed by atoms with Crippen molar-refractivity contribution in [3.8, 4) is 0 Å². The fourth-order valence-corrected chi connectivity index (χ4v) is 1.35. The lowest BCUT2D eigenvalue weighted by molar-refractivity contribution is -0.120. The minimum atomic E-state index is -0.543. The number of nitrogen functional groups attached to an aromatic ring is 1. The number of hydrogen-bond acceptors (Lipinski definition) is 3. The number of carbonyl (C=O) groups is 2. The number of nitrogens with two attached hydrogens (primary N) is 1. The van der Waals surface area contributed by atoms with Gasteiger partial charge in [-0.25, -0.2) is 4.39 Å². The van der Waals surface area contributed by atoms with E-state index < -0.39 is 11.7 Å². The third-order valence-electron chi connectivity index (χ3n) is 2.43. The lowest BCUT2D eigenvalue weighted by Crippen LogP contribution is -2.36. The third kappa shape index (κ3) is 3.44. The minimum absolute atomic E-state index is 0.0971. The van der Waals surface area contributed by atoms with E-state index in [0.717, 1.165) is 6.07 Å². The van der Waals surface area contributed by atoms with Crippen LogP contribution in [0.5, 0.6) is 0 Å². The Morgan fingerprint density at radius 2 is 2.00 bits per heavy atom. The predicted octanol–water partition coefficient (Wildman–Crippen LogP) is 0.582. The summed E-state index contributed by atoms with van der Waals surface area (Å²) < 4.78 is 13.4. The van der Waals surface area contributed by atoms with Crippen LogP contribution in [-0.4, -0.2) is 24.9 Å². The largest absolute Gasteiger partial charge is 0.398 e. The van der Waals surface area contributed by atoms with Crippen molar-refractivity contribution in [2.75, 3.05) is 18.8 Å². The van der Waals surface area contributed by atoms with E-state index in [1.807, 2.05) is 0 Å². The summed E-state index contributed by atoms with van der Waals surface area (Å²) in [5.41, 5.74) is 6.17. The van der Waals surface area contributed by atoms with Crippen LogP contribution in [0.3, 0.4) is 0 Å². The molecule has 98 valence electrons. The van der Waals surface area contributed by atoms with Gasteiger partial charge in [-0.1, -0.05) is 0 Å². The maximum Gasteiger partial charge on any atom is 0.251 e. The predicted molar refractivity (Wildman–Crippen MR) is 66.6 cm³/mol. The minimum Gasteiger partial charge on any atom is -0.398 e.